The average Bonchev–Trinajstić information content (AvgIpc) is 2.87. The standard InChI is InChI=1S/C14H16N2O2S/c1-2-9-6-7-10(19-9)8-16-14(18)11-4-3-5-12(15)13(11)17/h3-7,17H,2,8,15H2,1H3,(H,16,18). The molecule has 0 saturated heterocycles. The molecule has 2 rings (SSSR count). The Morgan fingerprint density at radius 2 is 2.05 bits per heavy atom. The molecule has 0 aliphatic carbocycles. The van der Waals surface area contributed by atoms with Crippen molar-refractivity contribution in [1.29, 1.82) is 0 Å². The molecule has 100 valence electrons. The van der Waals surface area contributed by atoms with E-state index in [2.05, 4.69) is 18.3 Å². The Kier molecular flexibility index (Phi) is 4.06. The lowest BCUT2D eigenvalue weighted by Crippen LogP contribution is -2.22. The number of nitrogens with two attached hydrogens (primary N) is 1. The van der Waals surface area contributed by atoms with Crippen molar-refractivity contribution in [3.63, 3.8) is 0 Å². The molecule has 0 aliphatic rings. The van der Waals surface area contributed by atoms with Crippen LogP contribution in [0, 0.1) is 0 Å². The van der Waals surface area contributed by atoms with Crippen LogP contribution in [0.3, 0.4) is 0 Å². The molecule has 1 aromatic carbocycles. The number of hydrogen-bond acceptors (Lipinski definition) is 4. The average molecular weight is 276 g/mol. The Hall–Kier alpha value is -2.01. The lowest BCUT2D eigenvalue weighted by Gasteiger charge is -2.07. The van der Waals surface area contributed by atoms with E-state index in [0.29, 0.717) is 6.54 Å². The Bertz CT molecular complexity index is 593. The van der Waals surface area contributed by atoms with Crippen molar-refractivity contribution in [2.75, 3.05) is 5.73 Å². The number of benzene rings is 1. The van der Waals surface area contributed by atoms with Crippen LogP contribution in [0.4, 0.5) is 5.69 Å². The van der Waals surface area contributed by atoms with Crippen molar-refractivity contribution in [3.8, 4) is 5.75 Å². The van der Waals surface area contributed by atoms with Crippen LogP contribution >= 0.6 is 11.3 Å². The van der Waals surface area contributed by atoms with Crippen LogP contribution < -0.4 is 11.1 Å². The molecular formula is C14H16N2O2S. The van der Waals surface area contributed by atoms with Gasteiger partial charge >= 0.3 is 0 Å². The maximum Gasteiger partial charge on any atom is 0.255 e. The molecule has 0 unspecified atom stereocenters. The molecule has 0 aliphatic heterocycles. The number of nitrogens with one attached hydrogen (secondary N) is 1. The second-order valence-corrected chi connectivity index (χ2v) is 5.40. The number of amides is 1. The van der Waals surface area contributed by atoms with Gasteiger partial charge < -0.3 is 16.2 Å². The Morgan fingerprint density at radius 1 is 1.32 bits per heavy atom. The summed E-state index contributed by atoms with van der Waals surface area (Å²) in [5.41, 5.74) is 5.97. The van der Waals surface area contributed by atoms with E-state index in [4.69, 9.17) is 5.73 Å². The SMILES string of the molecule is CCc1ccc(CNC(=O)c2cccc(N)c2O)s1. The summed E-state index contributed by atoms with van der Waals surface area (Å²) in [4.78, 5) is 14.3. The number of aryl methyl sites for hydroxylation is 1. The van der Waals surface area contributed by atoms with Crippen molar-refractivity contribution in [3.05, 3.63) is 45.6 Å². The van der Waals surface area contributed by atoms with E-state index < -0.39 is 0 Å². The van der Waals surface area contributed by atoms with Gasteiger partial charge in [-0.15, -0.1) is 11.3 Å². The molecule has 2 aromatic rings. The van der Waals surface area contributed by atoms with Gasteiger partial charge in [0.25, 0.3) is 5.91 Å². The van der Waals surface area contributed by atoms with Gasteiger partial charge in [-0.3, -0.25) is 4.79 Å². The number of phenols is 1. The van der Waals surface area contributed by atoms with Crippen LogP contribution in [0.25, 0.3) is 0 Å². The number of carbonyl (C=O) groups is 1. The summed E-state index contributed by atoms with van der Waals surface area (Å²) >= 11 is 1.68. The molecule has 19 heavy (non-hydrogen) atoms. The highest BCUT2D eigenvalue weighted by molar-refractivity contribution is 7.11. The molecule has 1 aromatic heterocycles. The second kappa shape index (κ2) is 5.75. The number of phenolic OH excluding ortho intramolecular Hbond substituents is 1. The van der Waals surface area contributed by atoms with Gasteiger partial charge in [0.15, 0.2) is 5.75 Å². The molecule has 0 spiro atoms. The number of hydrogen-bond donors (Lipinski definition) is 3. The maximum absolute atomic E-state index is 11.9. The third kappa shape index (κ3) is 3.06. The fourth-order valence-electron chi connectivity index (χ4n) is 1.71. The smallest absolute Gasteiger partial charge is 0.255 e. The van der Waals surface area contributed by atoms with E-state index in [1.54, 1.807) is 29.5 Å². The highest BCUT2D eigenvalue weighted by atomic mass is 32.1. The molecular weight excluding hydrogens is 260 g/mol. The summed E-state index contributed by atoms with van der Waals surface area (Å²) in [7, 11) is 0. The van der Waals surface area contributed by atoms with E-state index in [1.165, 1.54) is 4.88 Å². The molecule has 5 heteroatoms. The minimum absolute atomic E-state index is 0.166. The van der Waals surface area contributed by atoms with Gasteiger partial charge in [-0.2, -0.15) is 0 Å². The summed E-state index contributed by atoms with van der Waals surface area (Å²) in [5, 5.41) is 12.5. The van der Waals surface area contributed by atoms with Crippen LogP contribution in [0.1, 0.15) is 27.0 Å². The third-order valence-electron chi connectivity index (χ3n) is 2.80. The van der Waals surface area contributed by atoms with E-state index >= 15 is 0 Å². The van der Waals surface area contributed by atoms with E-state index in [0.717, 1.165) is 11.3 Å². The lowest BCUT2D eigenvalue weighted by molar-refractivity contribution is 0.0948. The highest BCUT2D eigenvalue weighted by Gasteiger charge is 2.12. The van der Waals surface area contributed by atoms with Gasteiger partial charge in [0.1, 0.15) is 0 Å². The fraction of sp³-hybridized carbons (Fsp3) is 0.214. The van der Waals surface area contributed by atoms with Crippen molar-refractivity contribution >= 4 is 22.9 Å². The summed E-state index contributed by atoms with van der Waals surface area (Å²) in [6.07, 6.45) is 0.995. The van der Waals surface area contributed by atoms with Gasteiger partial charge in [0.2, 0.25) is 0 Å². The van der Waals surface area contributed by atoms with Crippen molar-refractivity contribution in [2.24, 2.45) is 0 Å². The molecule has 4 nitrogen and oxygen atoms in total. The quantitative estimate of drug-likeness (QED) is 0.593. The van der Waals surface area contributed by atoms with Crippen molar-refractivity contribution < 1.29 is 9.90 Å². The molecule has 0 atom stereocenters. The summed E-state index contributed by atoms with van der Waals surface area (Å²) in [6.45, 7) is 2.55. The zero-order valence-electron chi connectivity index (χ0n) is 10.6. The van der Waals surface area contributed by atoms with Crippen molar-refractivity contribution in [2.45, 2.75) is 19.9 Å². The van der Waals surface area contributed by atoms with E-state index in [-0.39, 0.29) is 22.9 Å². The van der Waals surface area contributed by atoms with Crippen LogP contribution in [-0.4, -0.2) is 11.0 Å². The van der Waals surface area contributed by atoms with Gasteiger partial charge in [0.05, 0.1) is 17.8 Å². The predicted octanol–water partition coefficient (Wildman–Crippen LogP) is 2.53. The fourth-order valence-corrected chi connectivity index (χ4v) is 2.61. The maximum atomic E-state index is 11.9. The number of aromatic hydroxyl groups is 1. The second-order valence-electron chi connectivity index (χ2n) is 4.15. The van der Waals surface area contributed by atoms with Crippen LogP contribution in [0.15, 0.2) is 30.3 Å². The number of carbonyl (C=O) groups excluding carboxylic acids is 1. The van der Waals surface area contributed by atoms with Crippen molar-refractivity contribution in [1.82, 2.24) is 5.32 Å². The molecule has 0 radical (unpaired) electrons. The van der Waals surface area contributed by atoms with Gasteiger partial charge in [-0.05, 0) is 30.7 Å². The number of nitrogen functional groups attached to an aromatic ring is 1. The van der Waals surface area contributed by atoms with E-state index in [9.17, 15) is 9.90 Å². The monoisotopic (exact) mass is 276 g/mol. The first-order chi connectivity index (χ1) is 9.11. The molecule has 1 heterocycles. The van der Waals surface area contributed by atoms with Gasteiger partial charge in [-0.1, -0.05) is 13.0 Å². The Labute approximate surface area is 115 Å². The van der Waals surface area contributed by atoms with Crippen LogP contribution in [0.5, 0.6) is 5.75 Å². The minimum atomic E-state index is -0.323. The number of anilines is 1. The molecule has 1 amide bonds. The summed E-state index contributed by atoms with van der Waals surface area (Å²) in [6, 6.07) is 8.81. The Morgan fingerprint density at radius 3 is 2.74 bits per heavy atom. The van der Waals surface area contributed by atoms with E-state index in [1.807, 2.05) is 6.07 Å². The third-order valence-corrected chi connectivity index (χ3v) is 4.03. The normalized spacial score (nSPS) is 10.4. The first kappa shape index (κ1) is 13.4. The molecule has 0 saturated carbocycles. The zero-order valence-corrected chi connectivity index (χ0v) is 11.5. The number of thiophene rings is 1. The molecule has 0 fully saturated rings. The first-order valence-corrected chi connectivity index (χ1v) is 6.86. The molecule has 4 N–H and O–H groups in total. The lowest BCUT2D eigenvalue weighted by atomic mass is 10.1. The number of rotatable bonds is 4. The zero-order chi connectivity index (χ0) is 13.8. The molecule has 0 bridgehead atoms. The predicted molar refractivity (Wildman–Crippen MR) is 77.4 cm³/mol. The van der Waals surface area contributed by atoms with Crippen LogP contribution in [0.2, 0.25) is 0 Å². The topological polar surface area (TPSA) is 75.4 Å². The van der Waals surface area contributed by atoms with Gasteiger partial charge in [-0.25, -0.2) is 0 Å². The number of para-hydroxylation sites is 1. The minimum Gasteiger partial charge on any atom is -0.505 e. The van der Waals surface area contributed by atoms with Crippen LogP contribution in [-0.2, 0) is 13.0 Å². The first-order valence-electron chi connectivity index (χ1n) is 6.05. The summed E-state index contributed by atoms with van der Waals surface area (Å²) < 4.78 is 0. The summed E-state index contributed by atoms with van der Waals surface area (Å²) in [5.74, 6) is -0.489. The highest BCUT2D eigenvalue weighted by Crippen LogP contribution is 2.24. The Balaban J connectivity index is 2.03. The van der Waals surface area contributed by atoms with Gasteiger partial charge in [0, 0.05) is 9.75 Å². The largest absolute Gasteiger partial charge is 0.505 e.